The van der Waals surface area contributed by atoms with Crippen molar-refractivity contribution in [2.45, 2.75) is 59.0 Å². The molecule has 0 aliphatic carbocycles. The van der Waals surface area contributed by atoms with Crippen LogP contribution in [0.3, 0.4) is 0 Å². The summed E-state index contributed by atoms with van der Waals surface area (Å²) in [7, 11) is 0. The molecule has 25 heavy (non-hydrogen) atoms. The number of aliphatic hydroxyl groups is 1. The molecule has 4 nitrogen and oxygen atoms in total. The molecule has 1 N–H and O–H groups in total. The number of amides is 1. The number of piperidine rings is 1. The summed E-state index contributed by atoms with van der Waals surface area (Å²) < 4.78 is 0. The second-order valence-electron chi connectivity index (χ2n) is 8.14. The first-order chi connectivity index (χ1) is 11.8. The number of β-amino-alcohol motifs (C(OH)–C–C–N with tert-alkyl or cyclic N) is 1. The Morgan fingerprint density at radius 2 is 1.52 bits per heavy atom. The summed E-state index contributed by atoms with van der Waals surface area (Å²) in [6.45, 7) is 12.5. The van der Waals surface area contributed by atoms with Gasteiger partial charge in [0.05, 0.1) is 5.60 Å². The molecule has 2 saturated heterocycles. The molecule has 4 heteroatoms. The van der Waals surface area contributed by atoms with Crippen LogP contribution >= 0.6 is 0 Å². The fraction of sp³-hybridized carbons (Fsp3) is 0.667. The smallest absolute Gasteiger partial charge is 0.254 e. The zero-order valence-corrected chi connectivity index (χ0v) is 16.2. The third-order valence-corrected chi connectivity index (χ3v) is 6.28. The first-order valence-electron chi connectivity index (χ1n) is 9.62. The molecule has 0 atom stereocenters. The van der Waals surface area contributed by atoms with E-state index in [0.29, 0.717) is 25.9 Å². The fourth-order valence-corrected chi connectivity index (χ4v) is 4.34. The summed E-state index contributed by atoms with van der Waals surface area (Å²) >= 11 is 0. The number of hydrogen-bond acceptors (Lipinski definition) is 3. The minimum Gasteiger partial charge on any atom is -0.388 e. The molecule has 138 valence electrons. The number of rotatable bonds is 3. The Kier molecular flexibility index (Phi) is 5.21. The van der Waals surface area contributed by atoms with E-state index in [2.05, 4.69) is 24.8 Å². The van der Waals surface area contributed by atoms with E-state index in [1.165, 1.54) is 24.0 Å². The van der Waals surface area contributed by atoms with Gasteiger partial charge in [0.15, 0.2) is 0 Å². The summed E-state index contributed by atoms with van der Waals surface area (Å²) in [4.78, 5) is 17.4. The van der Waals surface area contributed by atoms with Gasteiger partial charge in [-0.05, 0) is 88.7 Å². The molecule has 0 aromatic heterocycles. The predicted octanol–water partition coefficient (Wildman–Crippen LogP) is 2.98. The van der Waals surface area contributed by atoms with Gasteiger partial charge in [-0.2, -0.15) is 0 Å². The Morgan fingerprint density at radius 1 is 1.00 bits per heavy atom. The second-order valence-corrected chi connectivity index (χ2v) is 8.14. The van der Waals surface area contributed by atoms with Crippen LogP contribution in [0.2, 0.25) is 0 Å². The molecule has 2 aliphatic heterocycles. The average molecular weight is 344 g/mol. The molecular weight excluding hydrogens is 312 g/mol. The number of nitrogens with zero attached hydrogens (tertiary/aromatic N) is 2. The quantitative estimate of drug-likeness (QED) is 0.917. The van der Waals surface area contributed by atoms with Gasteiger partial charge < -0.3 is 14.9 Å². The number of likely N-dealkylation sites (tertiary alicyclic amines) is 2. The number of carbonyl (C=O) groups excluding carboxylic acids is 1. The van der Waals surface area contributed by atoms with Gasteiger partial charge >= 0.3 is 0 Å². The van der Waals surface area contributed by atoms with E-state index in [0.717, 1.165) is 36.3 Å². The summed E-state index contributed by atoms with van der Waals surface area (Å²) in [6, 6.07) is 2.16. The highest BCUT2D eigenvalue weighted by Gasteiger charge is 2.36. The molecule has 0 spiro atoms. The topological polar surface area (TPSA) is 43.8 Å². The van der Waals surface area contributed by atoms with Gasteiger partial charge in [-0.25, -0.2) is 0 Å². The SMILES string of the molecule is Cc1cc(C)c(C)c(C(=O)N2CCC(O)(CN3CCCC3)CC2)c1C. The zero-order valence-electron chi connectivity index (χ0n) is 16.2. The standard InChI is InChI=1S/C21H32N2O2/c1-15-13-16(2)18(4)19(17(15)3)20(24)23-11-7-21(25,8-12-23)14-22-9-5-6-10-22/h13,25H,5-12,14H2,1-4H3. The maximum atomic E-state index is 13.1. The molecule has 1 aromatic carbocycles. The molecule has 1 amide bonds. The first-order valence-corrected chi connectivity index (χ1v) is 9.62. The highest BCUT2D eigenvalue weighted by molar-refractivity contribution is 5.97. The molecule has 0 saturated carbocycles. The summed E-state index contributed by atoms with van der Waals surface area (Å²) in [5, 5.41) is 10.9. The lowest BCUT2D eigenvalue weighted by molar-refractivity contribution is -0.0367. The van der Waals surface area contributed by atoms with Crippen LogP contribution in [0.5, 0.6) is 0 Å². The fourth-order valence-electron chi connectivity index (χ4n) is 4.34. The minimum atomic E-state index is -0.631. The van der Waals surface area contributed by atoms with Crippen LogP contribution < -0.4 is 0 Å². The Morgan fingerprint density at radius 3 is 2.04 bits per heavy atom. The molecule has 2 fully saturated rings. The van der Waals surface area contributed by atoms with Crippen molar-refractivity contribution in [3.8, 4) is 0 Å². The van der Waals surface area contributed by atoms with Crippen LogP contribution in [0.15, 0.2) is 6.07 Å². The van der Waals surface area contributed by atoms with E-state index in [1.54, 1.807) is 0 Å². The van der Waals surface area contributed by atoms with Gasteiger partial charge in [0.1, 0.15) is 0 Å². The van der Waals surface area contributed by atoms with Crippen molar-refractivity contribution in [2.75, 3.05) is 32.7 Å². The average Bonchev–Trinajstić information content (AvgIpc) is 3.06. The van der Waals surface area contributed by atoms with Gasteiger partial charge in [0.2, 0.25) is 0 Å². The molecule has 2 aliphatic rings. The molecule has 3 rings (SSSR count). The van der Waals surface area contributed by atoms with Crippen molar-refractivity contribution in [2.24, 2.45) is 0 Å². The lowest BCUT2D eigenvalue weighted by Crippen LogP contribution is -2.51. The Bertz CT molecular complexity index is 628. The van der Waals surface area contributed by atoms with Gasteiger partial charge in [-0.1, -0.05) is 6.07 Å². The monoisotopic (exact) mass is 344 g/mol. The first kappa shape index (κ1) is 18.4. The van der Waals surface area contributed by atoms with Crippen molar-refractivity contribution >= 4 is 5.91 Å². The summed E-state index contributed by atoms with van der Waals surface area (Å²) in [5.41, 5.74) is 4.76. The normalized spacial score (nSPS) is 20.9. The Labute approximate surface area is 151 Å². The van der Waals surface area contributed by atoms with Crippen molar-refractivity contribution in [1.29, 1.82) is 0 Å². The van der Waals surface area contributed by atoms with Crippen LogP contribution in [0.25, 0.3) is 0 Å². The molecule has 2 heterocycles. The predicted molar refractivity (Wildman–Crippen MR) is 101 cm³/mol. The Balaban J connectivity index is 1.70. The minimum absolute atomic E-state index is 0.130. The number of benzene rings is 1. The largest absolute Gasteiger partial charge is 0.388 e. The molecular formula is C21H32N2O2. The molecule has 0 unspecified atom stereocenters. The molecule has 1 aromatic rings. The van der Waals surface area contributed by atoms with Crippen molar-refractivity contribution in [3.05, 3.63) is 33.9 Å². The third-order valence-electron chi connectivity index (χ3n) is 6.28. The number of aryl methyl sites for hydroxylation is 2. The highest BCUT2D eigenvalue weighted by atomic mass is 16.3. The lowest BCUT2D eigenvalue weighted by Gasteiger charge is -2.40. The van der Waals surface area contributed by atoms with E-state index < -0.39 is 5.60 Å². The zero-order chi connectivity index (χ0) is 18.2. The van der Waals surface area contributed by atoms with E-state index >= 15 is 0 Å². The van der Waals surface area contributed by atoms with Crippen LogP contribution in [-0.2, 0) is 0 Å². The maximum Gasteiger partial charge on any atom is 0.254 e. The van der Waals surface area contributed by atoms with Gasteiger partial charge in [-0.3, -0.25) is 4.79 Å². The van der Waals surface area contributed by atoms with Gasteiger partial charge in [-0.15, -0.1) is 0 Å². The van der Waals surface area contributed by atoms with E-state index in [9.17, 15) is 9.90 Å². The van der Waals surface area contributed by atoms with Crippen LogP contribution in [0.1, 0.15) is 58.3 Å². The summed E-state index contributed by atoms with van der Waals surface area (Å²) in [6.07, 6.45) is 3.84. The van der Waals surface area contributed by atoms with Crippen molar-refractivity contribution in [3.63, 3.8) is 0 Å². The van der Waals surface area contributed by atoms with Crippen molar-refractivity contribution in [1.82, 2.24) is 9.80 Å². The van der Waals surface area contributed by atoms with E-state index in [4.69, 9.17) is 0 Å². The third kappa shape index (κ3) is 3.75. The second kappa shape index (κ2) is 7.08. The highest BCUT2D eigenvalue weighted by Crippen LogP contribution is 2.28. The van der Waals surface area contributed by atoms with Crippen molar-refractivity contribution < 1.29 is 9.90 Å². The van der Waals surface area contributed by atoms with Crippen LogP contribution in [0, 0.1) is 27.7 Å². The van der Waals surface area contributed by atoms with E-state index in [1.807, 2.05) is 18.7 Å². The van der Waals surface area contributed by atoms with Crippen LogP contribution in [0.4, 0.5) is 0 Å². The van der Waals surface area contributed by atoms with Gasteiger partial charge in [0.25, 0.3) is 5.91 Å². The van der Waals surface area contributed by atoms with E-state index in [-0.39, 0.29) is 5.91 Å². The Hall–Kier alpha value is -1.39. The maximum absolute atomic E-state index is 13.1. The number of carbonyl (C=O) groups is 1. The van der Waals surface area contributed by atoms with Crippen LogP contribution in [-0.4, -0.2) is 59.1 Å². The van der Waals surface area contributed by atoms with Gasteiger partial charge in [0, 0.05) is 25.2 Å². The lowest BCUT2D eigenvalue weighted by atomic mass is 9.89. The molecule has 0 radical (unpaired) electrons. The number of hydrogen-bond donors (Lipinski definition) is 1. The molecule has 0 bridgehead atoms. The summed E-state index contributed by atoms with van der Waals surface area (Å²) in [5.74, 6) is 0.130.